The molecule has 1 aromatic heterocycles. The zero-order valence-corrected chi connectivity index (χ0v) is 14.1. The van der Waals surface area contributed by atoms with Crippen LogP contribution in [0.1, 0.15) is 29.9 Å². The summed E-state index contributed by atoms with van der Waals surface area (Å²) in [5.41, 5.74) is 4.39. The lowest BCUT2D eigenvalue weighted by Crippen LogP contribution is -2.19. The van der Waals surface area contributed by atoms with Gasteiger partial charge in [0.1, 0.15) is 11.4 Å². The van der Waals surface area contributed by atoms with E-state index in [1.54, 1.807) is 12.3 Å². The van der Waals surface area contributed by atoms with Gasteiger partial charge in [0.2, 0.25) is 0 Å². The van der Waals surface area contributed by atoms with Crippen LogP contribution in [0.25, 0.3) is 10.9 Å². The fraction of sp³-hybridized carbons (Fsp3) is 0.150. The lowest BCUT2D eigenvalue weighted by Gasteiger charge is -2.11. The molecule has 0 aliphatic rings. The molecule has 0 saturated heterocycles. The van der Waals surface area contributed by atoms with Gasteiger partial charge in [-0.25, -0.2) is 10.4 Å². The molecule has 0 bridgehead atoms. The van der Waals surface area contributed by atoms with Crippen LogP contribution >= 0.6 is 0 Å². The molecule has 0 fully saturated rings. The summed E-state index contributed by atoms with van der Waals surface area (Å²) in [6.07, 6.45) is 1.63. The second-order valence-corrected chi connectivity index (χ2v) is 5.79. The third-order valence-electron chi connectivity index (χ3n) is 3.48. The van der Waals surface area contributed by atoms with E-state index in [1.807, 2.05) is 68.4 Å². The molecule has 0 atom stereocenters. The van der Waals surface area contributed by atoms with Crippen LogP contribution in [0, 0.1) is 0 Å². The van der Waals surface area contributed by atoms with Gasteiger partial charge in [0.15, 0.2) is 0 Å². The topological polar surface area (TPSA) is 63.6 Å². The summed E-state index contributed by atoms with van der Waals surface area (Å²) >= 11 is 0. The fourth-order valence-corrected chi connectivity index (χ4v) is 2.36. The van der Waals surface area contributed by atoms with Crippen molar-refractivity contribution in [3.63, 3.8) is 0 Å². The highest BCUT2D eigenvalue weighted by Gasteiger charge is 2.07. The van der Waals surface area contributed by atoms with Gasteiger partial charge < -0.3 is 4.74 Å². The molecule has 3 aromatic rings. The van der Waals surface area contributed by atoms with Crippen molar-refractivity contribution in [2.45, 2.75) is 20.0 Å². The van der Waals surface area contributed by atoms with E-state index in [1.165, 1.54) is 0 Å². The van der Waals surface area contributed by atoms with Gasteiger partial charge in [0.25, 0.3) is 5.91 Å². The molecule has 0 unspecified atom stereocenters. The van der Waals surface area contributed by atoms with Crippen LogP contribution in [-0.2, 0) is 0 Å². The van der Waals surface area contributed by atoms with Crippen molar-refractivity contribution < 1.29 is 9.53 Å². The molecular weight excluding hydrogens is 314 g/mol. The maximum Gasteiger partial charge on any atom is 0.289 e. The normalized spacial score (nSPS) is 11.2. The Morgan fingerprint density at radius 2 is 1.84 bits per heavy atom. The van der Waals surface area contributed by atoms with Gasteiger partial charge in [-0.1, -0.05) is 36.4 Å². The number of fused-ring (bicyclic) bond motifs is 1. The minimum atomic E-state index is -0.357. The average molecular weight is 333 g/mol. The van der Waals surface area contributed by atoms with Crippen LogP contribution in [0.15, 0.2) is 65.8 Å². The molecular formula is C20H19N3O2. The summed E-state index contributed by atoms with van der Waals surface area (Å²) in [5, 5.41) is 5.01. The molecule has 1 N–H and O–H groups in total. The average Bonchev–Trinajstić information content (AvgIpc) is 2.62. The molecule has 2 aromatic carbocycles. The molecule has 5 heteroatoms. The predicted molar refractivity (Wildman–Crippen MR) is 99.0 cm³/mol. The van der Waals surface area contributed by atoms with E-state index in [0.29, 0.717) is 5.69 Å². The number of hydrazone groups is 1. The fourth-order valence-electron chi connectivity index (χ4n) is 2.36. The molecule has 5 nitrogen and oxygen atoms in total. The van der Waals surface area contributed by atoms with Crippen molar-refractivity contribution in [2.75, 3.05) is 0 Å². The van der Waals surface area contributed by atoms with Crippen LogP contribution in [0.2, 0.25) is 0 Å². The van der Waals surface area contributed by atoms with Crippen molar-refractivity contribution in [1.82, 2.24) is 10.4 Å². The van der Waals surface area contributed by atoms with Gasteiger partial charge in [-0.3, -0.25) is 4.79 Å². The summed E-state index contributed by atoms with van der Waals surface area (Å²) in [6, 6.07) is 18.7. The Morgan fingerprint density at radius 1 is 1.08 bits per heavy atom. The molecule has 1 heterocycles. The number of para-hydroxylation sites is 2. The van der Waals surface area contributed by atoms with Crippen LogP contribution in [0.3, 0.4) is 0 Å². The molecule has 1 amide bonds. The third-order valence-corrected chi connectivity index (χ3v) is 3.48. The van der Waals surface area contributed by atoms with Crippen molar-refractivity contribution in [1.29, 1.82) is 0 Å². The van der Waals surface area contributed by atoms with Crippen LogP contribution in [0.5, 0.6) is 5.75 Å². The number of hydrogen-bond donors (Lipinski definition) is 1. The van der Waals surface area contributed by atoms with E-state index in [4.69, 9.17) is 4.74 Å². The summed E-state index contributed by atoms with van der Waals surface area (Å²) in [6.45, 7) is 3.92. The Labute approximate surface area is 146 Å². The number of hydrogen-bond acceptors (Lipinski definition) is 4. The van der Waals surface area contributed by atoms with Crippen molar-refractivity contribution >= 4 is 23.0 Å². The predicted octanol–water partition coefficient (Wildman–Crippen LogP) is 3.79. The van der Waals surface area contributed by atoms with E-state index in [-0.39, 0.29) is 12.0 Å². The van der Waals surface area contributed by atoms with Gasteiger partial charge in [-0.2, -0.15) is 5.10 Å². The standard InChI is InChI=1S/C20H19N3O2/c1-14(2)25-19-10-6-4-8-16(19)13-21-23-20(24)18-12-11-15-7-3-5-9-17(15)22-18/h3-14H,1-2H3,(H,23,24)/b21-13+. The molecule has 0 aliphatic heterocycles. The van der Waals surface area contributed by atoms with Crippen LogP contribution in [0.4, 0.5) is 0 Å². The maximum atomic E-state index is 12.2. The Kier molecular flexibility index (Phi) is 5.04. The monoisotopic (exact) mass is 333 g/mol. The first kappa shape index (κ1) is 16.6. The number of carbonyl (C=O) groups excluding carboxylic acids is 1. The van der Waals surface area contributed by atoms with Gasteiger partial charge >= 0.3 is 0 Å². The Bertz CT molecular complexity index is 919. The number of amides is 1. The smallest absolute Gasteiger partial charge is 0.289 e. The number of ether oxygens (including phenoxy) is 1. The number of aromatic nitrogens is 1. The largest absolute Gasteiger partial charge is 0.490 e. The van der Waals surface area contributed by atoms with E-state index in [0.717, 1.165) is 22.2 Å². The zero-order chi connectivity index (χ0) is 17.6. The summed E-state index contributed by atoms with van der Waals surface area (Å²) in [4.78, 5) is 16.6. The summed E-state index contributed by atoms with van der Waals surface area (Å²) in [7, 11) is 0. The number of benzene rings is 2. The number of carbonyl (C=O) groups is 1. The maximum absolute atomic E-state index is 12.2. The highest BCUT2D eigenvalue weighted by Crippen LogP contribution is 2.17. The molecule has 126 valence electrons. The van der Waals surface area contributed by atoms with Gasteiger partial charge in [-0.05, 0) is 38.1 Å². The quantitative estimate of drug-likeness (QED) is 0.571. The molecule has 0 radical (unpaired) electrons. The Balaban J connectivity index is 1.72. The SMILES string of the molecule is CC(C)Oc1ccccc1/C=N/NC(=O)c1ccc2ccccc2n1. The van der Waals surface area contributed by atoms with E-state index in [2.05, 4.69) is 15.5 Å². The lowest BCUT2D eigenvalue weighted by atomic mass is 10.2. The summed E-state index contributed by atoms with van der Waals surface area (Å²) < 4.78 is 5.72. The number of nitrogens with one attached hydrogen (secondary N) is 1. The minimum absolute atomic E-state index is 0.0611. The molecule has 0 aliphatic carbocycles. The number of pyridine rings is 1. The van der Waals surface area contributed by atoms with Crippen molar-refractivity contribution in [3.8, 4) is 5.75 Å². The molecule has 0 saturated carbocycles. The molecule has 0 spiro atoms. The highest BCUT2D eigenvalue weighted by molar-refractivity contribution is 5.95. The van der Waals surface area contributed by atoms with Crippen LogP contribution < -0.4 is 10.2 Å². The first-order valence-corrected chi connectivity index (χ1v) is 8.08. The number of rotatable bonds is 5. The summed E-state index contributed by atoms with van der Waals surface area (Å²) in [5.74, 6) is 0.364. The van der Waals surface area contributed by atoms with Gasteiger partial charge in [0, 0.05) is 10.9 Å². The third kappa shape index (κ3) is 4.20. The second-order valence-electron chi connectivity index (χ2n) is 5.79. The van der Waals surface area contributed by atoms with E-state index >= 15 is 0 Å². The first-order chi connectivity index (χ1) is 12.1. The van der Waals surface area contributed by atoms with Crippen molar-refractivity contribution in [3.05, 3.63) is 71.9 Å². The van der Waals surface area contributed by atoms with Gasteiger partial charge in [0.05, 0.1) is 17.8 Å². The highest BCUT2D eigenvalue weighted by atomic mass is 16.5. The Morgan fingerprint density at radius 3 is 2.68 bits per heavy atom. The van der Waals surface area contributed by atoms with Crippen molar-refractivity contribution in [2.24, 2.45) is 5.10 Å². The van der Waals surface area contributed by atoms with E-state index < -0.39 is 0 Å². The number of nitrogens with zero attached hydrogens (tertiary/aromatic N) is 2. The Hall–Kier alpha value is -3.21. The first-order valence-electron chi connectivity index (χ1n) is 8.08. The molecule has 3 rings (SSSR count). The second kappa shape index (κ2) is 7.57. The molecule has 25 heavy (non-hydrogen) atoms. The zero-order valence-electron chi connectivity index (χ0n) is 14.1. The lowest BCUT2D eigenvalue weighted by molar-refractivity contribution is 0.0950. The van der Waals surface area contributed by atoms with Gasteiger partial charge in [-0.15, -0.1) is 0 Å². The minimum Gasteiger partial charge on any atom is -0.490 e. The van der Waals surface area contributed by atoms with E-state index in [9.17, 15) is 4.79 Å². The van der Waals surface area contributed by atoms with Crippen LogP contribution in [-0.4, -0.2) is 23.2 Å².